The molecule has 1 heterocycles. The van der Waals surface area contributed by atoms with E-state index in [1.165, 1.54) is 32.1 Å². The van der Waals surface area contributed by atoms with Crippen molar-refractivity contribution >= 4 is 5.91 Å². The molecule has 2 bridgehead atoms. The van der Waals surface area contributed by atoms with Gasteiger partial charge in [0.05, 0.1) is 0 Å². The summed E-state index contributed by atoms with van der Waals surface area (Å²) >= 11 is 0. The number of amides is 1. The summed E-state index contributed by atoms with van der Waals surface area (Å²) in [6.45, 7) is 1.98. The Labute approximate surface area is 103 Å². The van der Waals surface area contributed by atoms with Gasteiger partial charge in [-0.2, -0.15) is 0 Å². The molecule has 5 atom stereocenters. The van der Waals surface area contributed by atoms with Gasteiger partial charge in [0.1, 0.15) is 0 Å². The van der Waals surface area contributed by atoms with Crippen molar-refractivity contribution in [2.45, 2.75) is 38.1 Å². The zero-order valence-corrected chi connectivity index (χ0v) is 10.3. The van der Waals surface area contributed by atoms with Crippen molar-refractivity contribution in [2.75, 3.05) is 13.1 Å². The third-order valence-corrected chi connectivity index (χ3v) is 5.72. The monoisotopic (exact) mass is 234 g/mol. The summed E-state index contributed by atoms with van der Waals surface area (Å²) in [4.78, 5) is 12.2. The van der Waals surface area contributed by atoms with Crippen molar-refractivity contribution in [1.29, 1.82) is 0 Å². The second-order valence-electron chi connectivity index (χ2n) is 6.55. The zero-order chi connectivity index (χ0) is 11.4. The lowest BCUT2D eigenvalue weighted by molar-refractivity contribution is -0.123. The van der Waals surface area contributed by atoms with Gasteiger partial charge in [-0.25, -0.2) is 0 Å². The third kappa shape index (κ3) is 1.55. The molecular formula is C14H22N2O. The van der Waals surface area contributed by atoms with Gasteiger partial charge in [-0.05, 0) is 62.3 Å². The van der Waals surface area contributed by atoms with Crippen LogP contribution >= 0.6 is 0 Å². The first kappa shape index (κ1) is 10.4. The number of fused-ring (bicyclic) bond motifs is 5. The van der Waals surface area contributed by atoms with Gasteiger partial charge in [0.2, 0.25) is 5.91 Å². The maximum atomic E-state index is 12.2. The van der Waals surface area contributed by atoms with E-state index in [-0.39, 0.29) is 0 Å². The van der Waals surface area contributed by atoms with Gasteiger partial charge in [0.15, 0.2) is 0 Å². The molecule has 0 spiro atoms. The van der Waals surface area contributed by atoms with Crippen LogP contribution in [-0.2, 0) is 4.79 Å². The van der Waals surface area contributed by atoms with Crippen molar-refractivity contribution in [3.8, 4) is 0 Å². The fraction of sp³-hybridized carbons (Fsp3) is 0.929. The average molecular weight is 234 g/mol. The van der Waals surface area contributed by atoms with E-state index >= 15 is 0 Å². The molecule has 3 aliphatic carbocycles. The summed E-state index contributed by atoms with van der Waals surface area (Å²) in [6.07, 6.45) is 6.73. The minimum Gasteiger partial charge on any atom is -0.354 e. The molecule has 3 saturated carbocycles. The fourth-order valence-corrected chi connectivity index (χ4v) is 4.95. The normalized spacial score (nSPS) is 50.4. The Morgan fingerprint density at radius 2 is 1.94 bits per heavy atom. The van der Waals surface area contributed by atoms with Gasteiger partial charge in [0.25, 0.3) is 0 Å². The molecule has 0 aromatic carbocycles. The molecule has 4 fully saturated rings. The molecule has 3 heteroatoms. The predicted molar refractivity (Wildman–Crippen MR) is 65.3 cm³/mol. The highest BCUT2D eigenvalue weighted by molar-refractivity contribution is 5.82. The molecular weight excluding hydrogens is 212 g/mol. The lowest BCUT2D eigenvalue weighted by Gasteiger charge is -2.13. The van der Waals surface area contributed by atoms with E-state index in [1.807, 2.05) is 0 Å². The number of hydrogen-bond acceptors (Lipinski definition) is 2. The predicted octanol–water partition coefficient (Wildman–Crippen LogP) is 1.15. The van der Waals surface area contributed by atoms with Crippen LogP contribution in [-0.4, -0.2) is 25.0 Å². The number of carbonyl (C=O) groups excluding carboxylic acids is 1. The molecule has 0 aromatic heterocycles. The van der Waals surface area contributed by atoms with Crippen LogP contribution in [0.1, 0.15) is 32.1 Å². The first-order chi connectivity index (χ1) is 8.34. The SMILES string of the molecule is O=C(NCC1CCCN1)C1C2C3CCC(C3)C12. The summed E-state index contributed by atoms with van der Waals surface area (Å²) in [5, 5.41) is 6.62. The van der Waals surface area contributed by atoms with E-state index in [4.69, 9.17) is 0 Å². The lowest BCUT2D eigenvalue weighted by atomic mass is 10.0. The van der Waals surface area contributed by atoms with Crippen LogP contribution in [0.25, 0.3) is 0 Å². The molecule has 2 N–H and O–H groups in total. The standard InChI is InChI=1S/C14H22N2O/c17-14(16-7-10-2-1-5-15-10)13-11-8-3-4-9(6-8)12(11)13/h8-13,15H,1-7H2,(H,16,17). The fourth-order valence-electron chi connectivity index (χ4n) is 4.95. The average Bonchev–Trinajstić information content (AvgIpc) is 2.80. The van der Waals surface area contributed by atoms with Gasteiger partial charge in [0, 0.05) is 18.5 Å². The molecule has 4 rings (SSSR count). The van der Waals surface area contributed by atoms with Crippen LogP contribution in [0.2, 0.25) is 0 Å². The van der Waals surface area contributed by atoms with Crippen molar-refractivity contribution < 1.29 is 4.79 Å². The molecule has 1 amide bonds. The van der Waals surface area contributed by atoms with Gasteiger partial charge in [-0.15, -0.1) is 0 Å². The van der Waals surface area contributed by atoms with E-state index in [2.05, 4.69) is 10.6 Å². The number of hydrogen-bond donors (Lipinski definition) is 2. The van der Waals surface area contributed by atoms with Crippen LogP contribution in [0.4, 0.5) is 0 Å². The molecule has 0 aromatic rings. The first-order valence-corrected chi connectivity index (χ1v) is 7.35. The lowest BCUT2D eigenvalue weighted by Crippen LogP contribution is -2.38. The zero-order valence-electron chi connectivity index (χ0n) is 10.3. The largest absolute Gasteiger partial charge is 0.354 e. The third-order valence-electron chi connectivity index (χ3n) is 5.72. The van der Waals surface area contributed by atoms with Crippen molar-refractivity contribution in [3.05, 3.63) is 0 Å². The molecule has 4 aliphatic rings. The maximum Gasteiger partial charge on any atom is 0.223 e. The second kappa shape index (κ2) is 3.71. The van der Waals surface area contributed by atoms with Crippen molar-refractivity contribution in [1.82, 2.24) is 10.6 Å². The van der Waals surface area contributed by atoms with Crippen LogP contribution in [0.5, 0.6) is 0 Å². The van der Waals surface area contributed by atoms with Crippen molar-refractivity contribution in [2.24, 2.45) is 29.6 Å². The number of rotatable bonds is 3. The second-order valence-corrected chi connectivity index (χ2v) is 6.55. The number of nitrogens with one attached hydrogen (secondary N) is 2. The summed E-state index contributed by atoms with van der Waals surface area (Å²) < 4.78 is 0. The van der Waals surface area contributed by atoms with Crippen LogP contribution in [0, 0.1) is 29.6 Å². The highest BCUT2D eigenvalue weighted by atomic mass is 16.2. The van der Waals surface area contributed by atoms with E-state index in [0.717, 1.165) is 36.8 Å². The van der Waals surface area contributed by atoms with E-state index < -0.39 is 0 Å². The number of carbonyl (C=O) groups is 1. The Hall–Kier alpha value is -0.570. The molecule has 0 radical (unpaired) electrons. The Morgan fingerprint density at radius 3 is 2.59 bits per heavy atom. The van der Waals surface area contributed by atoms with Gasteiger partial charge >= 0.3 is 0 Å². The highest BCUT2D eigenvalue weighted by Gasteiger charge is 2.67. The van der Waals surface area contributed by atoms with E-state index in [1.54, 1.807) is 0 Å². The molecule has 5 unspecified atom stereocenters. The molecule has 94 valence electrons. The Balaban J connectivity index is 1.30. The van der Waals surface area contributed by atoms with Crippen molar-refractivity contribution in [3.63, 3.8) is 0 Å². The summed E-state index contributed by atoms with van der Waals surface area (Å²) in [7, 11) is 0. The Morgan fingerprint density at radius 1 is 1.18 bits per heavy atom. The van der Waals surface area contributed by atoms with E-state index in [0.29, 0.717) is 17.9 Å². The summed E-state index contributed by atoms with van der Waals surface area (Å²) in [6, 6.07) is 0.536. The quantitative estimate of drug-likeness (QED) is 0.769. The summed E-state index contributed by atoms with van der Waals surface area (Å²) in [5.74, 6) is 4.15. The topological polar surface area (TPSA) is 41.1 Å². The van der Waals surface area contributed by atoms with Gasteiger partial charge in [-0.1, -0.05) is 0 Å². The van der Waals surface area contributed by atoms with Crippen LogP contribution in [0.15, 0.2) is 0 Å². The smallest absolute Gasteiger partial charge is 0.223 e. The first-order valence-electron chi connectivity index (χ1n) is 7.35. The van der Waals surface area contributed by atoms with E-state index in [9.17, 15) is 4.79 Å². The molecule has 1 aliphatic heterocycles. The Bertz CT molecular complexity index is 321. The molecule has 17 heavy (non-hydrogen) atoms. The van der Waals surface area contributed by atoms with Crippen LogP contribution in [0.3, 0.4) is 0 Å². The minimum absolute atomic E-state index is 0.366. The Kier molecular flexibility index (Phi) is 2.26. The minimum atomic E-state index is 0.366. The van der Waals surface area contributed by atoms with Crippen LogP contribution < -0.4 is 10.6 Å². The maximum absolute atomic E-state index is 12.2. The van der Waals surface area contributed by atoms with Gasteiger partial charge in [-0.3, -0.25) is 4.79 Å². The molecule has 1 saturated heterocycles. The van der Waals surface area contributed by atoms with Gasteiger partial charge < -0.3 is 10.6 Å². The highest BCUT2D eigenvalue weighted by Crippen LogP contribution is 2.69. The molecule has 3 nitrogen and oxygen atoms in total. The summed E-state index contributed by atoms with van der Waals surface area (Å²) in [5.41, 5.74) is 0.